The smallest absolute Gasteiger partial charge is 0.310 e. The van der Waals surface area contributed by atoms with Crippen molar-refractivity contribution in [1.82, 2.24) is 9.80 Å². The van der Waals surface area contributed by atoms with Gasteiger partial charge in [0, 0.05) is 13.0 Å². The number of fused-ring (bicyclic) bond motifs is 1. The third-order valence-electron chi connectivity index (χ3n) is 5.51. The van der Waals surface area contributed by atoms with Gasteiger partial charge in [0.25, 0.3) is 0 Å². The van der Waals surface area contributed by atoms with Crippen molar-refractivity contribution in [3.63, 3.8) is 0 Å². The molecule has 0 radical (unpaired) electrons. The van der Waals surface area contributed by atoms with Gasteiger partial charge in [-0.05, 0) is 17.5 Å². The molecule has 29 heavy (non-hydrogen) atoms. The zero-order valence-corrected chi connectivity index (χ0v) is 16.2. The van der Waals surface area contributed by atoms with Crippen molar-refractivity contribution in [3.05, 3.63) is 71.8 Å². The van der Waals surface area contributed by atoms with Gasteiger partial charge in [-0.25, -0.2) is 0 Å². The van der Waals surface area contributed by atoms with Crippen molar-refractivity contribution in [2.45, 2.75) is 31.4 Å². The van der Waals surface area contributed by atoms with Gasteiger partial charge in [-0.3, -0.25) is 14.4 Å². The third-order valence-corrected chi connectivity index (χ3v) is 5.51. The summed E-state index contributed by atoms with van der Waals surface area (Å²) in [5.41, 5.74) is 2.02. The Labute approximate surface area is 170 Å². The topological polar surface area (TPSA) is 66.9 Å². The van der Waals surface area contributed by atoms with E-state index >= 15 is 0 Å². The Morgan fingerprint density at radius 1 is 0.966 bits per heavy atom. The first kappa shape index (κ1) is 19.2. The lowest BCUT2D eigenvalue weighted by Gasteiger charge is -2.36. The van der Waals surface area contributed by atoms with Crippen molar-refractivity contribution in [3.8, 4) is 0 Å². The Bertz CT molecular complexity index is 884. The van der Waals surface area contributed by atoms with E-state index in [1.807, 2.05) is 60.7 Å². The summed E-state index contributed by atoms with van der Waals surface area (Å²) in [5, 5.41) is 0. The van der Waals surface area contributed by atoms with Crippen LogP contribution in [0, 0.1) is 0 Å². The van der Waals surface area contributed by atoms with E-state index in [1.165, 1.54) is 0 Å². The molecule has 0 bridgehead atoms. The number of amides is 2. The number of carbonyl (C=O) groups excluding carboxylic acids is 3. The quantitative estimate of drug-likeness (QED) is 0.704. The second-order valence-electron chi connectivity index (χ2n) is 7.57. The first-order chi connectivity index (χ1) is 14.1. The third kappa shape index (κ3) is 4.47. The zero-order valence-electron chi connectivity index (χ0n) is 16.2. The fourth-order valence-corrected chi connectivity index (χ4v) is 4.02. The number of hydrogen-bond donors (Lipinski definition) is 0. The summed E-state index contributed by atoms with van der Waals surface area (Å²) < 4.78 is 5.56. The Balaban J connectivity index is 1.33. The van der Waals surface area contributed by atoms with E-state index < -0.39 is 12.1 Å². The van der Waals surface area contributed by atoms with Crippen LogP contribution in [0.15, 0.2) is 60.7 Å². The summed E-state index contributed by atoms with van der Waals surface area (Å²) in [5.74, 6) is -0.465. The maximum Gasteiger partial charge on any atom is 0.310 e. The fourth-order valence-electron chi connectivity index (χ4n) is 4.02. The van der Waals surface area contributed by atoms with E-state index in [4.69, 9.17) is 4.74 Å². The Morgan fingerprint density at radius 3 is 2.31 bits per heavy atom. The first-order valence-corrected chi connectivity index (χ1v) is 9.96. The number of hydrogen-bond acceptors (Lipinski definition) is 4. The number of nitrogens with zero attached hydrogens (tertiary/aromatic N) is 2. The van der Waals surface area contributed by atoms with E-state index in [-0.39, 0.29) is 30.7 Å². The van der Waals surface area contributed by atoms with Gasteiger partial charge in [0.15, 0.2) is 0 Å². The van der Waals surface area contributed by atoms with Crippen molar-refractivity contribution in [2.24, 2.45) is 0 Å². The number of piperazine rings is 1. The minimum Gasteiger partial charge on any atom is -0.460 e. The van der Waals surface area contributed by atoms with Gasteiger partial charge in [0.05, 0.1) is 19.5 Å². The van der Waals surface area contributed by atoms with E-state index in [9.17, 15) is 14.4 Å². The van der Waals surface area contributed by atoms with Crippen LogP contribution in [-0.2, 0) is 32.0 Å². The largest absolute Gasteiger partial charge is 0.460 e. The van der Waals surface area contributed by atoms with Gasteiger partial charge >= 0.3 is 5.97 Å². The van der Waals surface area contributed by atoms with Crippen molar-refractivity contribution in [1.29, 1.82) is 0 Å². The maximum absolute atomic E-state index is 12.9. The van der Waals surface area contributed by atoms with Crippen LogP contribution in [0.1, 0.15) is 17.5 Å². The van der Waals surface area contributed by atoms with Crippen LogP contribution < -0.4 is 0 Å². The molecular formula is C23H24N2O4. The van der Waals surface area contributed by atoms with Crippen LogP contribution >= 0.6 is 0 Å². The molecule has 0 aliphatic carbocycles. The molecule has 2 amide bonds. The Morgan fingerprint density at radius 2 is 1.62 bits per heavy atom. The predicted molar refractivity (Wildman–Crippen MR) is 107 cm³/mol. The van der Waals surface area contributed by atoms with Crippen LogP contribution in [0.5, 0.6) is 0 Å². The number of benzene rings is 2. The molecule has 2 saturated heterocycles. The maximum atomic E-state index is 12.9. The fraction of sp³-hybridized carbons (Fsp3) is 0.348. The van der Waals surface area contributed by atoms with Crippen LogP contribution in [0.4, 0.5) is 0 Å². The lowest BCUT2D eigenvalue weighted by atomic mass is 10.1. The van der Waals surface area contributed by atoms with Gasteiger partial charge in [-0.15, -0.1) is 0 Å². The monoisotopic (exact) mass is 392 g/mol. The summed E-state index contributed by atoms with van der Waals surface area (Å²) in [7, 11) is 0. The molecule has 0 aromatic heterocycles. The van der Waals surface area contributed by atoms with Gasteiger partial charge in [-0.2, -0.15) is 0 Å². The van der Waals surface area contributed by atoms with Crippen LogP contribution in [0.25, 0.3) is 0 Å². The second-order valence-corrected chi connectivity index (χ2v) is 7.57. The van der Waals surface area contributed by atoms with E-state index in [0.717, 1.165) is 11.1 Å². The molecule has 6 heteroatoms. The van der Waals surface area contributed by atoms with Crippen LogP contribution in [0.3, 0.4) is 0 Å². The summed E-state index contributed by atoms with van der Waals surface area (Å²) in [6, 6.07) is 18.8. The number of carbonyl (C=O) groups is 3. The van der Waals surface area contributed by atoms with Gasteiger partial charge in [0.1, 0.15) is 12.1 Å². The molecule has 2 atom stereocenters. The lowest BCUT2D eigenvalue weighted by Crippen LogP contribution is -2.57. The standard InChI is InChI=1S/C23H24N2O4/c26-21-16-24(12-11-17-7-3-1-4-8-17)23(28)20-14-19(15-25(20)21)29-22(27)13-18-9-5-2-6-10-18/h1-10,19-20H,11-16H2/t19-,20+/m1/s1. The molecule has 2 aromatic rings. The van der Waals surface area contributed by atoms with Crippen LogP contribution in [-0.4, -0.2) is 59.4 Å². The SMILES string of the molecule is O=C(Cc1ccccc1)O[C@@H]1C[C@H]2C(=O)N(CCc3ccccc3)CC(=O)N2C1. The number of esters is 1. The molecule has 150 valence electrons. The molecule has 2 heterocycles. The van der Waals surface area contributed by atoms with E-state index in [0.29, 0.717) is 25.9 Å². The molecule has 2 aliphatic heterocycles. The highest BCUT2D eigenvalue weighted by Gasteiger charge is 2.46. The highest BCUT2D eigenvalue weighted by Crippen LogP contribution is 2.26. The molecule has 0 N–H and O–H groups in total. The van der Waals surface area contributed by atoms with Crippen molar-refractivity contribution in [2.75, 3.05) is 19.6 Å². The lowest BCUT2D eigenvalue weighted by molar-refractivity contribution is -0.153. The second kappa shape index (κ2) is 8.47. The molecule has 0 unspecified atom stereocenters. The summed E-state index contributed by atoms with van der Waals surface area (Å²) in [4.78, 5) is 40.9. The highest BCUT2D eigenvalue weighted by atomic mass is 16.5. The highest BCUT2D eigenvalue weighted by molar-refractivity contribution is 5.95. The average molecular weight is 392 g/mol. The van der Waals surface area contributed by atoms with Gasteiger partial charge in [-0.1, -0.05) is 60.7 Å². The summed E-state index contributed by atoms with van der Waals surface area (Å²) in [6.07, 6.45) is 0.834. The van der Waals surface area contributed by atoms with Crippen molar-refractivity contribution >= 4 is 17.8 Å². The normalized spacial score (nSPS) is 21.2. The molecule has 0 spiro atoms. The minimum absolute atomic E-state index is 0.0536. The van der Waals surface area contributed by atoms with Crippen LogP contribution in [0.2, 0.25) is 0 Å². The van der Waals surface area contributed by atoms with E-state index in [2.05, 4.69) is 0 Å². The molecule has 2 fully saturated rings. The molecule has 0 saturated carbocycles. The molecule has 6 nitrogen and oxygen atoms in total. The van der Waals surface area contributed by atoms with E-state index in [1.54, 1.807) is 9.80 Å². The predicted octanol–water partition coefficient (Wildman–Crippen LogP) is 1.83. The Hall–Kier alpha value is -3.15. The molecular weight excluding hydrogens is 368 g/mol. The number of rotatable bonds is 6. The minimum atomic E-state index is -0.526. The van der Waals surface area contributed by atoms with Crippen molar-refractivity contribution < 1.29 is 19.1 Å². The first-order valence-electron chi connectivity index (χ1n) is 9.96. The molecule has 2 aliphatic rings. The number of ether oxygens (including phenoxy) is 1. The average Bonchev–Trinajstić information content (AvgIpc) is 3.15. The summed E-state index contributed by atoms with van der Waals surface area (Å²) >= 11 is 0. The summed E-state index contributed by atoms with van der Waals surface area (Å²) in [6.45, 7) is 0.895. The van der Waals surface area contributed by atoms with Gasteiger partial charge in [0.2, 0.25) is 11.8 Å². The molecule has 4 rings (SSSR count). The van der Waals surface area contributed by atoms with Gasteiger partial charge < -0.3 is 14.5 Å². The Kier molecular flexibility index (Phi) is 5.60. The zero-order chi connectivity index (χ0) is 20.2. The molecule has 2 aromatic carbocycles.